The Morgan fingerprint density at radius 2 is 1.51 bits per heavy atom. The predicted octanol–water partition coefficient (Wildman–Crippen LogP) is 6.25. The second kappa shape index (κ2) is 17.9. The van der Waals surface area contributed by atoms with E-state index in [0.717, 1.165) is 27.8 Å². The smallest absolute Gasteiger partial charge is 0.214 e. The number of rotatable bonds is 4. The van der Waals surface area contributed by atoms with Gasteiger partial charge in [-0.25, -0.2) is 5.01 Å². The molecule has 1 aromatic heterocycles. The van der Waals surface area contributed by atoms with Gasteiger partial charge in [0.1, 0.15) is 13.6 Å². The first-order valence-corrected chi connectivity index (χ1v) is 13.3. The van der Waals surface area contributed by atoms with E-state index >= 15 is 0 Å². The second-order valence-corrected chi connectivity index (χ2v) is 9.39. The lowest BCUT2D eigenvalue weighted by Crippen LogP contribution is -2.37. The molecule has 0 amide bonds. The van der Waals surface area contributed by atoms with Gasteiger partial charge in [-0.3, -0.25) is 9.98 Å². The highest BCUT2D eigenvalue weighted by atomic mass is 35.5. The SMILES string of the molecule is C=O.C=O.CN=C(NCc1cccnc1)N1CC(c2ccccc2)C(c2ccc(Cl)cc2)=N1.Cc1ccc(C)cc1. The van der Waals surface area contributed by atoms with Gasteiger partial charge in [0.2, 0.25) is 5.96 Å². The van der Waals surface area contributed by atoms with Crippen LogP contribution in [0.15, 0.2) is 113 Å². The Balaban J connectivity index is 0.000000414. The van der Waals surface area contributed by atoms with Gasteiger partial charge in [0.15, 0.2) is 0 Å². The van der Waals surface area contributed by atoms with Crippen molar-refractivity contribution in [3.63, 3.8) is 0 Å². The maximum atomic E-state index is 8.00. The molecule has 7 nitrogen and oxygen atoms in total. The van der Waals surface area contributed by atoms with E-state index in [0.29, 0.717) is 13.1 Å². The van der Waals surface area contributed by atoms with Crippen LogP contribution in [0, 0.1) is 13.8 Å². The van der Waals surface area contributed by atoms with Crippen LogP contribution in [0.5, 0.6) is 0 Å². The minimum atomic E-state index is 0.148. The Bertz CT molecular complexity index is 1340. The standard InChI is InChI=1S/C23H22ClN5.C8H10.2CH2O/c1-25-23(27-15-17-6-5-13-26-14-17)29-16-21(18-7-3-2-4-8-18)22(28-29)19-9-11-20(24)12-10-19;1-7-3-5-8(2)6-4-7;2*1-2/h2-14,21H,15-16H2,1H3,(H,25,27);3-6H,1-2H3;2*1H2. The summed E-state index contributed by atoms with van der Waals surface area (Å²) >= 11 is 6.09. The number of guanidine groups is 1. The maximum Gasteiger partial charge on any atom is 0.214 e. The molecule has 1 atom stereocenters. The molecule has 41 heavy (non-hydrogen) atoms. The number of nitrogens with one attached hydrogen (secondary N) is 1. The molecule has 2 heterocycles. The summed E-state index contributed by atoms with van der Waals surface area (Å²) in [6.07, 6.45) is 3.62. The highest BCUT2D eigenvalue weighted by molar-refractivity contribution is 6.30. The number of benzene rings is 3. The first kappa shape index (κ1) is 32.6. The van der Waals surface area contributed by atoms with Gasteiger partial charge in [-0.05, 0) is 48.7 Å². The van der Waals surface area contributed by atoms with Crippen LogP contribution in [-0.4, -0.2) is 48.8 Å². The number of aromatic nitrogens is 1. The number of hydrogen-bond acceptors (Lipinski definition) is 5. The third kappa shape index (κ3) is 10.1. The summed E-state index contributed by atoms with van der Waals surface area (Å²) in [5, 5.41) is 11.0. The van der Waals surface area contributed by atoms with E-state index in [-0.39, 0.29) is 5.92 Å². The van der Waals surface area contributed by atoms with Gasteiger partial charge in [-0.2, -0.15) is 5.10 Å². The second-order valence-electron chi connectivity index (χ2n) is 8.95. The van der Waals surface area contributed by atoms with E-state index < -0.39 is 0 Å². The summed E-state index contributed by atoms with van der Waals surface area (Å²) in [6.45, 7) is 9.55. The van der Waals surface area contributed by atoms with Crippen molar-refractivity contribution in [3.05, 3.63) is 136 Å². The lowest BCUT2D eigenvalue weighted by Gasteiger charge is -2.19. The Morgan fingerprint density at radius 1 is 0.902 bits per heavy atom. The van der Waals surface area contributed by atoms with Crippen molar-refractivity contribution in [3.8, 4) is 0 Å². The Morgan fingerprint density at radius 3 is 2.05 bits per heavy atom. The van der Waals surface area contributed by atoms with Gasteiger partial charge < -0.3 is 14.9 Å². The lowest BCUT2D eigenvalue weighted by atomic mass is 9.91. The fourth-order valence-electron chi connectivity index (χ4n) is 4.07. The highest BCUT2D eigenvalue weighted by Gasteiger charge is 2.31. The number of halogens is 1. The summed E-state index contributed by atoms with van der Waals surface area (Å²) < 4.78 is 0. The summed E-state index contributed by atoms with van der Waals surface area (Å²) in [5.41, 5.74) is 7.05. The molecule has 0 saturated heterocycles. The molecule has 0 bridgehead atoms. The third-order valence-corrected chi connectivity index (χ3v) is 6.36. The number of carbonyl (C=O) groups is 2. The van der Waals surface area contributed by atoms with E-state index in [1.807, 2.05) is 67.2 Å². The van der Waals surface area contributed by atoms with Gasteiger partial charge >= 0.3 is 0 Å². The Kier molecular flexibility index (Phi) is 14.2. The first-order valence-electron chi connectivity index (χ1n) is 12.9. The zero-order chi connectivity index (χ0) is 30.0. The van der Waals surface area contributed by atoms with Crippen molar-refractivity contribution < 1.29 is 9.59 Å². The average molecular weight is 570 g/mol. The number of pyridine rings is 1. The number of aliphatic imine (C=N–C) groups is 1. The summed E-state index contributed by atoms with van der Waals surface area (Å²) in [4.78, 5) is 24.6. The third-order valence-electron chi connectivity index (χ3n) is 6.10. The van der Waals surface area contributed by atoms with E-state index in [9.17, 15) is 0 Å². The van der Waals surface area contributed by atoms with Crippen molar-refractivity contribution in [2.75, 3.05) is 13.6 Å². The van der Waals surface area contributed by atoms with Gasteiger partial charge in [0, 0.05) is 36.9 Å². The zero-order valence-corrected chi connectivity index (χ0v) is 24.5. The van der Waals surface area contributed by atoms with Crippen LogP contribution >= 0.6 is 11.6 Å². The predicted molar refractivity (Wildman–Crippen MR) is 168 cm³/mol. The van der Waals surface area contributed by atoms with Crippen molar-refractivity contribution in [1.29, 1.82) is 0 Å². The summed E-state index contributed by atoms with van der Waals surface area (Å²) in [7, 11) is 1.78. The number of aryl methyl sites for hydroxylation is 2. The average Bonchev–Trinajstić information content (AvgIpc) is 3.48. The zero-order valence-electron chi connectivity index (χ0n) is 23.7. The molecule has 3 aromatic carbocycles. The molecule has 1 unspecified atom stereocenters. The highest BCUT2D eigenvalue weighted by Crippen LogP contribution is 2.29. The molecule has 0 saturated carbocycles. The van der Waals surface area contributed by atoms with Crippen LogP contribution in [0.4, 0.5) is 0 Å². The first-order chi connectivity index (χ1) is 20.0. The molecule has 1 aliphatic heterocycles. The van der Waals surface area contributed by atoms with Crippen LogP contribution in [0.25, 0.3) is 0 Å². The summed E-state index contributed by atoms with van der Waals surface area (Å²) in [6, 6.07) is 30.7. The van der Waals surface area contributed by atoms with Gasteiger partial charge in [0.25, 0.3) is 0 Å². The van der Waals surface area contributed by atoms with E-state index in [1.54, 1.807) is 13.2 Å². The molecule has 1 N–H and O–H groups in total. The monoisotopic (exact) mass is 569 g/mol. The fraction of sp³-hybridized carbons (Fsp3) is 0.182. The van der Waals surface area contributed by atoms with Crippen LogP contribution in [0.2, 0.25) is 5.02 Å². The fourth-order valence-corrected chi connectivity index (χ4v) is 4.19. The Hall–Kier alpha value is -4.62. The van der Waals surface area contributed by atoms with Crippen molar-refractivity contribution >= 4 is 36.9 Å². The molecule has 5 rings (SSSR count). The van der Waals surface area contributed by atoms with Crippen LogP contribution in [-0.2, 0) is 16.1 Å². The van der Waals surface area contributed by atoms with E-state index in [4.69, 9.17) is 26.3 Å². The van der Waals surface area contributed by atoms with E-state index in [1.165, 1.54) is 16.7 Å². The molecule has 212 valence electrons. The molecule has 0 spiro atoms. The quantitative estimate of drug-likeness (QED) is 0.232. The molecular weight excluding hydrogens is 534 g/mol. The molecule has 4 aromatic rings. The number of carbonyl (C=O) groups excluding carboxylic acids is 2. The largest absolute Gasteiger partial charge is 0.351 e. The van der Waals surface area contributed by atoms with Crippen LogP contribution < -0.4 is 5.32 Å². The summed E-state index contributed by atoms with van der Waals surface area (Å²) in [5.74, 6) is 0.882. The van der Waals surface area contributed by atoms with Gasteiger partial charge in [0.05, 0.1) is 12.3 Å². The maximum absolute atomic E-state index is 8.00. The van der Waals surface area contributed by atoms with Crippen molar-refractivity contribution in [2.24, 2.45) is 10.1 Å². The molecule has 0 aliphatic carbocycles. The van der Waals surface area contributed by atoms with E-state index in [2.05, 4.69) is 77.7 Å². The van der Waals surface area contributed by atoms with Gasteiger partial charge in [-0.15, -0.1) is 0 Å². The number of nitrogens with zero attached hydrogens (tertiary/aromatic N) is 4. The minimum absolute atomic E-state index is 0.148. The van der Waals surface area contributed by atoms with Crippen LogP contribution in [0.1, 0.15) is 33.7 Å². The molecule has 1 aliphatic rings. The van der Waals surface area contributed by atoms with Crippen molar-refractivity contribution in [1.82, 2.24) is 15.3 Å². The molecule has 8 heteroatoms. The van der Waals surface area contributed by atoms with Crippen LogP contribution in [0.3, 0.4) is 0 Å². The lowest BCUT2D eigenvalue weighted by molar-refractivity contribution is -0.0987. The normalized spacial score (nSPS) is 13.8. The Labute approximate surface area is 247 Å². The molecule has 0 fully saturated rings. The topological polar surface area (TPSA) is 87.0 Å². The number of hydrazone groups is 1. The minimum Gasteiger partial charge on any atom is -0.351 e. The van der Waals surface area contributed by atoms with Crippen molar-refractivity contribution in [2.45, 2.75) is 26.3 Å². The van der Waals surface area contributed by atoms with Gasteiger partial charge in [-0.1, -0.05) is 95.5 Å². The molecule has 0 radical (unpaired) electrons. The number of hydrogen-bond donors (Lipinski definition) is 1. The molecular formula is C33H36ClN5O2.